The number of nitro benzene ring substituents is 1. The molecule has 0 radical (unpaired) electrons. The number of aromatic nitrogens is 3. The second-order valence-electron chi connectivity index (χ2n) is 6.98. The Labute approximate surface area is 177 Å². The highest BCUT2D eigenvalue weighted by Gasteiger charge is 2.17. The Hall–Kier alpha value is -4.27. The van der Waals surface area contributed by atoms with E-state index in [9.17, 15) is 14.9 Å². The minimum absolute atomic E-state index is 0.00659. The Balaban J connectivity index is 1.60. The van der Waals surface area contributed by atoms with Crippen LogP contribution in [0.15, 0.2) is 71.4 Å². The number of nitrogens with zero attached hydrogens (tertiary/aromatic N) is 4. The van der Waals surface area contributed by atoms with Crippen molar-refractivity contribution < 1.29 is 14.2 Å². The van der Waals surface area contributed by atoms with Crippen molar-refractivity contribution in [2.24, 2.45) is 0 Å². The Kier molecular flexibility index (Phi) is 5.57. The first-order valence-corrected chi connectivity index (χ1v) is 9.57. The second kappa shape index (κ2) is 8.62. The van der Waals surface area contributed by atoms with E-state index in [-0.39, 0.29) is 24.6 Å². The summed E-state index contributed by atoms with van der Waals surface area (Å²) in [4.78, 5) is 23.1. The number of benzene rings is 2. The van der Waals surface area contributed by atoms with Crippen LogP contribution in [0, 0.1) is 17.0 Å². The van der Waals surface area contributed by atoms with E-state index in [0.29, 0.717) is 22.6 Å². The van der Waals surface area contributed by atoms with Crippen molar-refractivity contribution in [2.75, 3.05) is 0 Å². The number of aryl methyl sites for hydroxylation is 1. The fraction of sp³-hybridized carbons (Fsp3) is 0.136. The van der Waals surface area contributed by atoms with Gasteiger partial charge in [-0.25, -0.2) is 4.68 Å². The number of nitrogens with one attached hydrogen (secondary N) is 1. The van der Waals surface area contributed by atoms with Crippen LogP contribution < -0.4 is 5.32 Å². The Bertz CT molecular complexity index is 1210. The molecule has 1 N–H and O–H groups in total. The highest BCUT2D eigenvalue weighted by molar-refractivity contribution is 5.81. The first-order valence-electron chi connectivity index (χ1n) is 9.57. The van der Waals surface area contributed by atoms with E-state index in [4.69, 9.17) is 4.52 Å². The van der Waals surface area contributed by atoms with Gasteiger partial charge in [-0.2, -0.15) is 5.10 Å². The van der Waals surface area contributed by atoms with Gasteiger partial charge in [0.15, 0.2) is 5.76 Å². The van der Waals surface area contributed by atoms with E-state index in [2.05, 4.69) is 15.6 Å². The van der Waals surface area contributed by atoms with Crippen molar-refractivity contribution in [1.82, 2.24) is 20.3 Å². The number of nitro groups is 1. The molecule has 0 bridgehead atoms. The fourth-order valence-corrected chi connectivity index (χ4v) is 3.16. The zero-order valence-corrected chi connectivity index (χ0v) is 16.7. The molecule has 9 heteroatoms. The molecule has 2 heterocycles. The van der Waals surface area contributed by atoms with E-state index in [0.717, 1.165) is 11.4 Å². The summed E-state index contributed by atoms with van der Waals surface area (Å²) in [7, 11) is 0. The summed E-state index contributed by atoms with van der Waals surface area (Å²) >= 11 is 0. The molecule has 4 aromatic rings. The molecule has 0 aliphatic carbocycles. The van der Waals surface area contributed by atoms with Gasteiger partial charge in [-0.05, 0) is 31.2 Å². The molecule has 0 atom stereocenters. The molecule has 0 spiro atoms. The number of hydrogen-bond acceptors (Lipinski definition) is 6. The van der Waals surface area contributed by atoms with Crippen LogP contribution in [0.3, 0.4) is 0 Å². The second-order valence-corrected chi connectivity index (χ2v) is 6.98. The summed E-state index contributed by atoms with van der Waals surface area (Å²) in [5.74, 6) is 0.367. The van der Waals surface area contributed by atoms with Crippen molar-refractivity contribution >= 4 is 11.6 Å². The largest absolute Gasteiger partial charge is 0.359 e. The third-order valence-corrected chi connectivity index (χ3v) is 4.65. The number of rotatable bonds is 7. The van der Waals surface area contributed by atoms with Crippen molar-refractivity contribution in [3.05, 3.63) is 94.0 Å². The lowest BCUT2D eigenvalue weighted by Crippen LogP contribution is -2.24. The number of carbonyl (C=O) groups excluding carboxylic acids is 1. The lowest BCUT2D eigenvalue weighted by Gasteiger charge is -2.04. The Morgan fingerprint density at radius 1 is 1.16 bits per heavy atom. The van der Waals surface area contributed by atoms with Crippen LogP contribution in [0.2, 0.25) is 0 Å². The van der Waals surface area contributed by atoms with Crippen molar-refractivity contribution in [3.63, 3.8) is 0 Å². The van der Waals surface area contributed by atoms with Gasteiger partial charge in [0.1, 0.15) is 0 Å². The molecule has 1 amide bonds. The summed E-state index contributed by atoms with van der Waals surface area (Å²) in [6.07, 6.45) is 1.89. The first-order chi connectivity index (χ1) is 15.0. The quantitative estimate of drug-likeness (QED) is 0.363. The highest BCUT2D eigenvalue weighted by Crippen LogP contribution is 2.26. The molecular weight excluding hydrogens is 398 g/mol. The first kappa shape index (κ1) is 20.0. The van der Waals surface area contributed by atoms with Gasteiger partial charge >= 0.3 is 0 Å². The van der Waals surface area contributed by atoms with Gasteiger partial charge < -0.3 is 9.84 Å². The third-order valence-electron chi connectivity index (χ3n) is 4.65. The van der Waals surface area contributed by atoms with Crippen LogP contribution in [0.4, 0.5) is 5.69 Å². The summed E-state index contributed by atoms with van der Waals surface area (Å²) in [5.41, 5.74) is 3.55. The molecule has 0 fully saturated rings. The van der Waals surface area contributed by atoms with E-state index >= 15 is 0 Å². The number of non-ortho nitro benzene ring substituents is 1. The van der Waals surface area contributed by atoms with E-state index in [1.807, 2.05) is 37.3 Å². The van der Waals surface area contributed by atoms with Crippen LogP contribution >= 0.6 is 0 Å². The number of hydrogen-bond donors (Lipinski definition) is 1. The maximum atomic E-state index is 12.6. The van der Waals surface area contributed by atoms with Crippen LogP contribution in [0.5, 0.6) is 0 Å². The molecule has 0 saturated carbocycles. The van der Waals surface area contributed by atoms with Crippen LogP contribution in [0.25, 0.3) is 16.9 Å². The van der Waals surface area contributed by atoms with Gasteiger partial charge in [0.2, 0.25) is 5.91 Å². The van der Waals surface area contributed by atoms with Crippen LogP contribution in [0.1, 0.15) is 17.0 Å². The van der Waals surface area contributed by atoms with Crippen molar-refractivity contribution in [1.29, 1.82) is 0 Å². The van der Waals surface area contributed by atoms with Gasteiger partial charge in [-0.1, -0.05) is 23.4 Å². The van der Waals surface area contributed by atoms with Crippen LogP contribution in [-0.4, -0.2) is 25.8 Å². The molecule has 0 unspecified atom stereocenters. The number of carbonyl (C=O) groups is 1. The fourth-order valence-electron chi connectivity index (χ4n) is 3.16. The average molecular weight is 417 g/mol. The minimum atomic E-state index is -0.452. The maximum Gasteiger partial charge on any atom is 0.269 e. The summed E-state index contributed by atoms with van der Waals surface area (Å²) < 4.78 is 6.81. The molecule has 4 rings (SSSR count). The third kappa shape index (κ3) is 4.67. The van der Waals surface area contributed by atoms with E-state index < -0.39 is 4.92 Å². The van der Waals surface area contributed by atoms with Crippen LogP contribution in [-0.2, 0) is 17.8 Å². The normalized spacial score (nSPS) is 10.7. The molecule has 2 aromatic carbocycles. The Morgan fingerprint density at radius 3 is 2.55 bits per heavy atom. The Morgan fingerprint density at radius 2 is 1.90 bits per heavy atom. The SMILES string of the molecule is Cc1cc(CNC(=O)Cc2cn(-c3ccccc3)nc2-c2ccc([N+](=O)[O-])cc2)on1. The molecular formula is C22H19N5O4. The summed E-state index contributed by atoms with van der Waals surface area (Å²) in [5, 5.41) is 22.2. The van der Waals surface area contributed by atoms with Crippen molar-refractivity contribution in [3.8, 4) is 16.9 Å². The molecule has 156 valence electrons. The molecule has 0 saturated heterocycles. The van der Waals surface area contributed by atoms with Crippen molar-refractivity contribution in [2.45, 2.75) is 19.9 Å². The highest BCUT2D eigenvalue weighted by atomic mass is 16.6. The van der Waals surface area contributed by atoms with E-state index in [1.54, 1.807) is 29.1 Å². The predicted octanol–water partition coefficient (Wildman–Crippen LogP) is 3.60. The lowest BCUT2D eigenvalue weighted by molar-refractivity contribution is -0.384. The number of para-hydroxylation sites is 1. The summed E-state index contributed by atoms with van der Waals surface area (Å²) in [6.45, 7) is 2.04. The molecule has 0 aliphatic heterocycles. The predicted molar refractivity (Wildman–Crippen MR) is 112 cm³/mol. The van der Waals surface area contributed by atoms with Gasteiger partial charge in [-0.15, -0.1) is 0 Å². The zero-order valence-electron chi connectivity index (χ0n) is 16.7. The minimum Gasteiger partial charge on any atom is -0.359 e. The number of amides is 1. The molecule has 2 aromatic heterocycles. The van der Waals surface area contributed by atoms with Gasteiger partial charge in [0, 0.05) is 35.5 Å². The van der Waals surface area contributed by atoms with E-state index in [1.165, 1.54) is 12.1 Å². The monoisotopic (exact) mass is 417 g/mol. The van der Waals surface area contributed by atoms with Gasteiger partial charge in [0.05, 0.1) is 35.0 Å². The standard InChI is InChI=1S/C22H19N5O4/c1-15-11-20(31-25-15)13-23-21(28)12-17-14-26(18-5-3-2-4-6-18)24-22(17)16-7-9-19(10-8-16)27(29)30/h2-11,14H,12-13H2,1H3,(H,23,28). The van der Waals surface area contributed by atoms with Gasteiger partial charge in [-0.3, -0.25) is 14.9 Å². The molecule has 31 heavy (non-hydrogen) atoms. The average Bonchev–Trinajstić information content (AvgIpc) is 3.39. The molecule has 0 aliphatic rings. The topological polar surface area (TPSA) is 116 Å². The van der Waals surface area contributed by atoms with Gasteiger partial charge in [0.25, 0.3) is 5.69 Å². The lowest BCUT2D eigenvalue weighted by atomic mass is 10.1. The molecule has 9 nitrogen and oxygen atoms in total. The zero-order chi connectivity index (χ0) is 21.8. The smallest absolute Gasteiger partial charge is 0.269 e. The maximum absolute atomic E-state index is 12.6. The summed E-state index contributed by atoms with van der Waals surface area (Å²) in [6, 6.07) is 17.4.